The smallest absolute Gasteiger partial charge is 0.353 e. The van der Waals surface area contributed by atoms with Crippen LogP contribution in [0, 0.1) is 10.1 Å². The number of aromatic nitrogens is 2. The van der Waals surface area contributed by atoms with Crippen molar-refractivity contribution < 1.29 is 14.4 Å². The number of hydrogen-bond donors (Lipinski definition) is 3. The fraction of sp³-hybridized carbons (Fsp3) is 0.158. The number of benzene rings is 2. The molecule has 10 heteroatoms. The Morgan fingerprint density at radius 2 is 1.83 bits per heavy atom. The van der Waals surface area contributed by atoms with E-state index in [2.05, 4.69) is 20.6 Å². The summed E-state index contributed by atoms with van der Waals surface area (Å²) in [4.78, 5) is 19.1. The van der Waals surface area contributed by atoms with Gasteiger partial charge in [0.15, 0.2) is 0 Å². The summed E-state index contributed by atoms with van der Waals surface area (Å²) in [6, 6.07) is 14.1. The molecule has 1 aromatic heterocycles. The SMILES string of the molecule is CCOc1ccc(Nc2nc(N)c([N+](=O)[O-])c(Nc3ccccc3OC)n2)cc1. The summed E-state index contributed by atoms with van der Waals surface area (Å²) in [7, 11) is 1.50. The number of anilines is 5. The van der Waals surface area contributed by atoms with Gasteiger partial charge in [-0.2, -0.15) is 9.97 Å². The number of nitrogens with two attached hydrogens (primary N) is 1. The van der Waals surface area contributed by atoms with Gasteiger partial charge in [0, 0.05) is 5.69 Å². The molecule has 3 aromatic rings. The highest BCUT2D eigenvalue weighted by molar-refractivity contribution is 5.77. The first-order valence-corrected chi connectivity index (χ1v) is 8.73. The minimum absolute atomic E-state index is 0.0552. The monoisotopic (exact) mass is 396 g/mol. The Labute approximate surface area is 166 Å². The minimum Gasteiger partial charge on any atom is -0.495 e. The summed E-state index contributed by atoms with van der Waals surface area (Å²) < 4.78 is 10.7. The molecule has 0 aliphatic rings. The summed E-state index contributed by atoms with van der Waals surface area (Å²) in [5.41, 5.74) is 6.59. The van der Waals surface area contributed by atoms with E-state index in [-0.39, 0.29) is 17.6 Å². The lowest BCUT2D eigenvalue weighted by atomic mass is 10.3. The van der Waals surface area contributed by atoms with Crippen molar-refractivity contribution in [1.29, 1.82) is 0 Å². The molecule has 0 aliphatic carbocycles. The summed E-state index contributed by atoms with van der Waals surface area (Å²) >= 11 is 0. The zero-order valence-electron chi connectivity index (χ0n) is 15.9. The molecule has 0 fully saturated rings. The van der Waals surface area contributed by atoms with E-state index in [1.54, 1.807) is 48.5 Å². The van der Waals surface area contributed by atoms with Gasteiger partial charge in [0.1, 0.15) is 11.5 Å². The van der Waals surface area contributed by atoms with Crippen molar-refractivity contribution in [3.05, 3.63) is 58.6 Å². The van der Waals surface area contributed by atoms with Gasteiger partial charge in [0.25, 0.3) is 0 Å². The number of nitrogens with zero attached hydrogens (tertiary/aromatic N) is 3. The topological polar surface area (TPSA) is 137 Å². The van der Waals surface area contributed by atoms with Crippen molar-refractivity contribution in [3.63, 3.8) is 0 Å². The lowest BCUT2D eigenvalue weighted by Gasteiger charge is -2.13. The van der Waals surface area contributed by atoms with Gasteiger partial charge in [-0.15, -0.1) is 0 Å². The van der Waals surface area contributed by atoms with Gasteiger partial charge in [-0.25, -0.2) is 0 Å². The van der Waals surface area contributed by atoms with Gasteiger partial charge in [0.2, 0.25) is 17.6 Å². The summed E-state index contributed by atoms with van der Waals surface area (Å²) in [5.74, 6) is 1.01. The quantitative estimate of drug-likeness (QED) is 0.383. The molecular weight excluding hydrogens is 376 g/mol. The van der Waals surface area contributed by atoms with Crippen molar-refractivity contribution in [2.45, 2.75) is 6.92 Å². The van der Waals surface area contributed by atoms with Crippen molar-refractivity contribution >= 4 is 34.6 Å². The first-order valence-electron chi connectivity index (χ1n) is 8.73. The molecule has 29 heavy (non-hydrogen) atoms. The first kappa shape index (κ1) is 19.7. The van der Waals surface area contributed by atoms with E-state index in [0.717, 1.165) is 5.75 Å². The standard InChI is InChI=1S/C19H20N6O4/c1-3-29-13-10-8-12(9-11-13)21-19-23-17(20)16(25(26)27)18(24-19)22-14-6-4-5-7-15(14)28-2/h4-11H,3H2,1-2H3,(H4,20,21,22,23,24). The Hall–Kier alpha value is -4.08. The van der Waals surface area contributed by atoms with E-state index in [4.69, 9.17) is 15.2 Å². The van der Waals surface area contributed by atoms with E-state index in [0.29, 0.717) is 23.7 Å². The molecule has 1 heterocycles. The molecule has 3 rings (SSSR count). The Bertz CT molecular complexity index is 1010. The predicted molar refractivity (Wildman–Crippen MR) is 110 cm³/mol. The third-order valence-electron chi connectivity index (χ3n) is 3.88. The largest absolute Gasteiger partial charge is 0.495 e. The zero-order chi connectivity index (χ0) is 20.8. The first-order chi connectivity index (χ1) is 14.0. The number of nitro groups is 1. The summed E-state index contributed by atoms with van der Waals surface area (Å²) in [5, 5.41) is 17.4. The molecule has 0 saturated heterocycles. The molecule has 150 valence electrons. The molecule has 10 nitrogen and oxygen atoms in total. The number of ether oxygens (including phenoxy) is 2. The van der Waals surface area contributed by atoms with Crippen LogP contribution in [0.4, 0.5) is 34.6 Å². The van der Waals surface area contributed by atoms with Gasteiger partial charge < -0.3 is 25.8 Å². The maximum atomic E-state index is 11.5. The van der Waals surface area contributed by atoms with Crippen LogP contribution in [-0.4, -0.2) is 28.6 Å². The van der Waals surface area contributed by atoms with E-state index < -0.39 is 10.6 Å². The second-order valence-electron chi connectivity index (χ2n) is 5.79. The molecular formula is C19H20N6O4. The molecule has 0 radical (unpaired) electrons. The van der Waals surface area contributed by atoms with E-state index in [1.165, 1.54) is 7.11 Å². The minimum atomic E-state index is -0.631. The Balaban J connectivity index is 1.94. The van der Waals surface area contributed by atoms with Crippen LogP contribution in [0.25, 0.3) is 0 Å². The number of hydrogen-bond acceptors (Lipinski definition) is 9. The molecule has 0 saturated carbocycles. The van der Waals surface area contributed by atoms with Crippen LogP contribution < -0.4 is 25.8 Å². The molecule has 0 amide bonds. The maximum Gasteiger partial charge on any atom is 0.353 e. The third-order valence-corrected chi connectivity index (χ3v) is 3.88. The van der Waals surface area contributed by atoms with Crippen molar-refractivity contribution in [1.82, 2.24) is 9.97 Å². The van der Waals surface area contributed by atoms with Crippen LogP contribution in [0.1, 0.15) is 6.92 Å². The van der Waals surface area contributed by atoms with Crippen LogP contribution in [0.2, 0.25) is 0 Å². The molecule has 0 spiro atoms. The number of nitrogens with one attached hydrogen (secondary N) is 2. The van der Waals surface area contributed by atoms with Crippen LogP contribution in [-0.2, 0) is 0 Å². The van der Waals surface area contributed by atoms with Gasteiger partial charge in [-0.3, -0.25) is 10.1 Å². The van der Waals surface area contributed by atoms with Crippen LogP contribution in [0.5, 0.6) is 11.5 Å². The van der Waals surface area contributed by atoms with Crippen molar-refractivity contribution in [3.8, 4) is 11.5 Å². The number of rotatable bonds is 8. The molecule has 2 aromatic carbocycles. The second-order valence-corrected chi connectivity index (χ2v) is 5.79. The third kappa shape index (κ3) is 4.61. The van der Waals surface area contributed by atoms with Gasteiger partial charge in [0.05, 0.1) is 24.3 Å². The Kier molecular flexibility index (Phi) is 5.93. The highest BCUT2D eigenvalue weighted by atomic mass is 16.6. The maximum absolute atomic E-state index is 11.5. The van der Waals surface area contributed by atoms with Crippen LogP contribution >= 0.6 is 0 Å². The van der Waals surface area contributed by atoms with Gasteiger partial charge in [-0.1, -0.05) is 12.1 Å². The molecule has 0 aliphatic heterocycles. The lowest BCUT2D eigenvalue weighted by Crippen LogP contribution is -2.09. The second kappa shape index (κ2) is 8.74. The summed E-state index contributed by atoms with van der Waals surface area (Å²) in [6.07, 6.45) is 0. The van der Waals surface area contributed by atoms with E-state index >= 15 is 0 Å². The average molecular weight is 396 g/mol. The lowest BCUT2D eigenvalue weighted by molar-refractivity contribution is -0.383. The number of para-hydroxylation sites is 2. The van der Waals surface area contributed by atoms with E-state index in [9.17, 15) is 10.1 Å². The van der Waals surface area contributed by atoms with E-state index in [1.807, 2.05) is 6.92 Å². The fourth-order valence-electron chi connectivity index (χ4n) is 2.60. The van der Waals surface area contributed by atoms with Crippen molar-refractivity contribution in [2.75, 3.05) is 30.1 Å². The van der Waals surface area contributed by atoms with Gasteiger partial charge in [-0.05, 0) is 43.3 Å². The highest BCUT2D eigenvalue weighted by Gasteiger charge is 2.24. The summed E-state index contributed by atoms with van der Waals surface area (Å²) in [6.45, 7) is 2.46. The van der Waals surface area contributed by atoms with Crippen LogP contribution in [0.3, 0.4) is 0 Å². The molecule has 4 N–H and O–H groups in total. The average Bonchev–Trinajstić information content (AvgIpc) is 2.69. The zero-order valence-corrected chi connectivity index (χ0v) is 15.9. The molecule has 0 atom stereocenters. The van der Waals surface area contributed by atoms with Crippen LogP contribution in [0.15, 0.2) is 48.5 Å². The normalized spacial score (nSPS) is 10.3. The number of methoxy groups -OCH3 is 1. The Morgan fingerprint density at radius 1 is 1.10 bits per heavy atom. The fourth-order valence-corrected chi connectivity index (χ4v) is 2.60. The molecule has 0 unspecified atom stereocenters. The predicted octanol–water partition coefficient (Wildman–Crippen LogP) is 3.86. The Morgan fingerprint density at radius 3 is 2.48 bits per heavy atom. The van der Waals surface area contributed by atoms with Crippen molar-refractivity contribution in [2.24, 2.45) is 0 Å². The van der Waals surface area contributed by atoms with Gasteiger partial charge >= 0.3 is 5.69 Å². The highest BCUT2D eigenvalue weighted by Crippen LogP contribution is 2.34. The number of nitrogen functional groups attached to an aromatic ring is 1. The molecule has 0 bridgehead atoms.